The van der Waals surface area contributed by atoms with E-state index in [-0.39, 0.29) is 6.10 Å². The number of aliphatic hydroxyl groups excluding tert-OH is 1. The molecule has 5 heteroatoms. The topological polar surface area (TPSA) is 74.6 Å². The molecule has 0 aromatic carbocycles. The van der Waals surface area contributed by atoms with Gasteiger partial charge in [-0.1, -0.05) is 110 Å². The highest BCUT2D eigenvalue weighted by molar-refractivity contribution is 7.86. The fraction of sp³-hybridized carbons (Fsp3) is 1.00. The molecule has 0 heterocycles. The zero-order valence-electron chi connectivity index (χ0n) is 18.7. The lowest BCUT2D eigenvalue weighted by atomic mass is 10.0. The van der Waals surface area contributed by atoms with E-state index in [4.69, 9.17) is 0 Å². The SMILES string of the molecule is CCCC(CCCCCCCCCCCCCCCCC(O)CC)S(=O)(=O)O. The predicted octanol–water partition coefficient (Wildman–Crippen LogP) is 7.06. The molecule has 0 spiro atoms. The third-order valence-electron chi connectivity index (χ3n) is 5.82. The summed E-state index contributed by atoms with van der Waals surface area (Å²) in [6.07, 6.45) is 21.2. The van der Waals surface area contributed by atoms with Gasteiger partial charge in [-0.25, -0.2) is 0 Å². The molecule has 2 unspecified atom stereocenters. The standard InChI is InChI=1S/C23H48O4S/c1-3-19-23(28(25,26)27)21-18-16-14-12-10-8-6-5-7-9-11-13-15-17-20-22(24)4-2/h22-24H,3-21H2,1-2H3,(H,25,26,27). The minimum atomic E-state index is -3.86. The zero-order valence-corrected chi connectivity index (χ0v) is 19.5. The van der Waals surface area contributed by atoms with Crippen molar-refractivity contribution in [2.24, 2.45) is 0 Å². The van der Waals surface area contributed by atoms with Crippen molar-refractivity contribution in [1.29, 1.82) is 0 Å². The van der Waals surface area contributed by atoms with Crippen LogP contribution in [0.5, 0.6) is 0 Å². The largest absolute Gasteiger partial charge is 0.393 e. The molecule has 0 saturated carbocycles. The first-order valence-electron chi connectivity index (χ1n) is 12.1. The molecule has 0 bridgehead atoms. The van der Waals surface area contributed by atoms with Crippen LogP contribution in [0.2, 0.25) is 0 Å². The van der Waals surface area contributed by atoms with E-state index < -0.39 is 15.4 Å². The molecule has 0 rings (SSSR count). The molecule has 0 radical (unpaired) electrons. The normalized spacial score (nSPS) is 14.3. The Hall–Kier alpha value is -0.130. The van der Waals surface area contributed by atoms with E-state index in [9.17, 15) is 18.1 Å². The van der Waals surface area contributed by atoms with Gasteiger partial charge in [0.25, 0.3) is 10.1 Å². The van der Waals surface area contributed by atoms with Gasteiger partial charge in [-0.05, 0) is 25.7 Å². The zero-order chi connectivity index (χ0) is 21.1. The highest BCUT2D eigenvalue weighted by Gasteiger charge is 2.20. The molecule has 2 N–H and O–H groups in total. The lowest BCUT2D eigenvalue weighted by molar-refractivity contribution is 0.156. The van der Waals surface area contributed by atoms with Crippen LogP contribution in [0.15, 0.2) is 0 Å². The Bertz CT molecular complexity index is 422. The number of unbranched alkanes of at least 4 members (excludes halogenated alkanes) is 13. The third kappa shape index (κ3) is 17.9. The van der Waals surface area contributed by atoms with Crippen LogP contribution in [0, 0.1) is 0 Å². The van der Waals surface area contributed by atoms with E-state index in [0.717, 1.165) is 32.1 Å². The Balaban J connectivity index is 3.29. The Morgan fingerprint density at radius 3 is 1.29 bits per heavy atom. The summed E-state index contributed by atoms with van der Waals surface area (Å²) in [4.78, 5) is 0. The van der Waals surface area contributed by atoms with Crippen molar-refractivity contribution >= 4 is 10.1 Å². The van der Waals surface area contributed by atoms with Gasteiger partial charge < -0.3 is 5.11 Å². The molecule has 0 saturated heterocycles. The highest BCUT2D eigenvalue weighted by Crippen LogP contribution is 2.18. The van der Waals surface area contributed by atoms with Crippen molar-refractivity contribution < 1.29 is 18.1 Å². The van der Waals surface area contributed by atoms with Crippen LogP contribution in [-0.2, 0) is 10.1 Å². The molecular weight excluding hydrogens is 372 g/mol. The lowest BCUT2D eigenvalue weighted by Crippen LogP contribution is -2.20. The van der Waals surface area contributed by atoms with Gasteiger partial charge in [-0.3, -0.25) is 4.55 Å². The molecule has 0 aromatic rings. The summed E-state index contributed by atoms with van der Waals surface area (Å²) in [5.41, 5.74) is 0. The summed E-state index contributed by atoms with van der Waals surface area (Å²) in [6, 6.07) is 0. The Labute approximate surface area is 175 Å². The lowest BCUT2D eigenvalue weighted by Gasteiger charge is -2.12. The van der Waals surface area contributed by atoms with Crippen LogP contribution < -0.4 is 0 Å². The third-order valence-corrected chi connectivity index (χ3v) is 7.13. The van der Waals surface area contributed by atoms with Crippen LogP contribution >= 0.6 is 0 Å². The van der Waals surface area contributed by atoms with Crippen molar-refractivity contribution in [2.45, 2.75) is 147 Å². The van der Waals surface area contributed by atoms with Gasteiger partial charge in [0.05, 0.1) is 11.4 Å². The van der Waals surface area contributed by atoms with E-state index in [1.165, 1.54) is 77.0 Å². The van der Waals surface area contributed by atoms with Gasteiger partial charge >= 0.3 is 0 Å². The second-order valence-electron chi connectivity index (χ2n) is 8.51. The number of aliphatic hydroxyl groups is 1. The molecule has 170 valence electrons. The van der Waals surface area contributed by atoms with Gasteiger partial charge in [-0.2, -0.15) is 8.42 Å². The second-order valence-corrected chi connectivity index (χ2v) is 10.2. The van der Waals surface area contributed by atoms with Crippen LogP contribution in [0.3, 0.4) is 0 Å². The van der Waals surface area contributed by atoms with Gasteiger partial charge in [0, 0.05) is 0 Å². The quantitative estimate of drug-likeness (QED) is 0.154. The highest BCUT2D eigenvalue weighted by atomic mass is 32.2. The summed E-state index contributed by atoms with van der Waals surface area (Å²) in [7, 11) is -3.86. The number of hydrogen-bond donors (Lipinski definition) is 2. The van der Waals surface area contributed by atoms with Gasteiger partial charge in [-0.15, -0.1) is 0 Å². The summed E-state index contributed by atoms with van der Waals surface area (Å²) in [5.74, 6) is 0. The molecule has 0 aliphatic rings. The average molecular weight is 421 g/mol. The molecular formula is C23H48O4S. The van der Waals surface area contributed by atoms with Crippen molar-refractivity contribution in [3.8, 4) is 0 Å². The number of hydrogen-bond acceptors (Lipinski definition) is 3. The van der Waals surface area contributed by atoms with E-state index in [1.54, 1.807) is 0 Å². The molecule has 28 heavy (non-hydrogen) atoms. The minimum Gasteiger partial charge on any atom is -0.393 e. The van der Waals surface area contributed by atoms with Crippen LogP contribution in [0.4, 0.5) is 0 Å². The van der Waals surface area contributed by atoms with Gasteiger partial charge in [0.2, 0.25) is 0 Å². The molecule has 0 aliphatic heterocycles. The summed E-state index contributed by atoms with van der Waals surface area (Å²) >= 11 is 0. The second kappa shape index (κ2) is 18.9. The Morgan fingerprint density at radius 2 is 0.964 bits per heavy atom. The first-order valence-corrected chi connectivity index (χ1v) is 13.6. The van der Waals surface area contributed by atoms with Crippen molar-refractivity contribution in [3.63, 3.8) is 0 Å². The van der Waals surface area contributed by atoms with E-state index in [2.05, 4.69) is 0 Å². The summed E-state index contributed by atoms with van der Waals surface area (Å²) < 4.78 is 31.8. The minimum absolute atomic E-state index is 0.0883. The first kappa shape index (κ1) is 27.9. The van der Waals surface area contributed by atoms with E-state index in [1.807, 2.05) is 13.8 Å². The van der Waals surface area contributed by atoms with Crippen molar-refractivity contribution in [1.82, 2.24) is 0 Å². The van der Waals surface area contributed by atoms with E-state index >= 15 is 0 Å². The van der Waals surface area contributed by atoms with Gasteiger partial charge in [0.1, 0.15) is 0 Å². The fourth-order valence-corrected chi connectivity index (χ4v) is 4.84. The van der Waals surface area contributed by atoms with Crippen LogP contribution in [-0.4, -0.2) is 29.4 Å². The number of rotatable bonds is 21. The molecule has 0 amide bonds. The van der Waals surface area contributed by atoms with Gasteiger partial charge in [0.15, 0.2) is 0 Å². The molecule has 4 nitrogen and oxygen atoms in total. The van der Waals surface area contributed by atoms with E-state index in [0.29, 0.717) is 12.8 Å². The maximum Gasteiger partial charge on any atom is 0.267 e. The Kier molecular flexibility index (Phi) is 18.8. The summed E-state index contributed by atoms with van der Waals surface area (Å²) in [6.45, 7) is 4.00. The smallest absolute Gasteiger partial charge is 0.267 e. The molecule has 0 fully saturated rings. The maximum absolute atomic E-state index is 11.3. The average Bonchev–Trinajstić information content (AvgIpc) is 2.65. The van der Waals surface area contributed by atoms with Crippen LogP contribution in [0.25, 0.3) is 0 Å². The van der Waals surface area contributed by atoms with Crippen LogP contribution in [0.1, 0.15) is 136 Å². The Morgan fingerprint density at radius 1 is 0.607 bits per heavy atom. The summed E-state index contributed by atoms with van der Waals surface area (Å²) in [5, 5.41) is 8.95. The molecule has 2 atom stereocenters. The predicted molar refractivity (Wildman–Crippen MR) is 120 cm³/mol. The van der Waals surface area contributed by atoms with Crippen molar-refractivity contribution in [2.75, 3.05) is 0 Å². The molecule has 0 aliphatic carbocycles. The van der Waals surface area contributed by atoms with Crippen molar-refractivity contribution in [3.05, 3.63) is 0 Å². The first-order chi connectivity index (χ1) is 13.4. The molecule has 0 aromatic heterocycles. The maximum atomic E-state index is 11.3. The fourth-order valence-electron chi connectivity index (χ4n) is 3.84. The monoisotopic (exact) mass is 420 g/mol.